The molecule has 5 nitrogen and oxygen atoms in total. The molecule has 0 heterocycles. The van der Waals surface area contributed by atoms with Gasteiger partial charge in [-0.15, -0.1) is 0 Å². The number of amides is 1. The first-order chi connectivity index (χ1) is 21.7. The standard InChI is InChI=1S/C39H38NO4P/c1-29(40-38(42)44-39(2,3)4)37(41)43-28-30-20-22-31(23-21-30)32-24-26-36(27-25-32)45(33-14-8-5-9-15-33,34-16-10-6-11-17-34)35-18-12-7-13-19-35/h5-27,29H,28H2,1-4H3/p+1. The molecule has 1 amide bonds. The predicted molar refractivity (Wildman–Crippen MR) is 185 cm³/mol. The van der Waals surface area contributed by atoms with Crippen LogP contribution in [0, 0.1) is 0 Å². The van der Waals surface area contributed by atoms with Crippen molar-refractivity contribution in [2.24, 2.45) is 0 Å². The maximum absolute atomic E-state index is 12.4. The van der Waals surface area contributed by atoms with E-state index in [2.05, 4.69) is 121 Å². The van der Waals surface area contributed by atoms with Crippen LogP contribution in [0.15, 0.2) is 140 Å². The molecule has 0 fully saturated rings. The number of hydrogen-bond donors (Lipinski definition) is 1. The first-order valence-corrected chi connectivity index (χ1v) is 16.9. The molecule has 0 aliphatic carbocycles. The van der Waals surface area contributed by atoms with Crippen LogP contribution >= 0.6 is 7.26 Å². The second kappa shape index (κ2) is 13.9. The Morgan fingerprint density at radius 1 is 0.622 bits per heavy atom. The lowest BCUT2D eigenvalue weighted by Gasteiger charge is -2.27. The van der Waals surface area contributed by atoms with Crippen LogP contribution in [0.25, 0.3) is 11.1 Å². The largest absolute Gasteiger partial charge is 0.459 e. The molecule has 0 saturated carbocycles. The quantitative estimate of drug-likeness (QED) is 0.144. The molecule has 0 radical (unpaired) electrons. The third-order valence-electron chi connectivity index (χ3n) is 7.44. The van der Waals surface area contributed by atoms with E-state index in [1.54, 1.807) is 27.7 Å². The van der Waals surface area contributed by atoms with E-state index in [1.165, 1.54) is 21.2 Å². The van der Waals surface area contributed by atoms with E-state index in [0.717, 1.165) is 16.7 Å². The molecule has 0 aromatic heterocycles. The van der Waals surface area contributed by atoms with Gasteiger partial charge in [-0.05, 0) is 92.9 Å². The van der Waals surface area contributed by atoms with Crippen LogP contribution in [-0.4, -0.2) is 23.7 Å². The van der Waals surface area contributed by atoms with E-state index < -0.39 is 31.0 Å². The zero-order chi connectivity index (χ0) is 31.9. The van der Waals surface area contributed by atoms with E-state index >= 15 is 0 Å². The second-order valence-electron chi connectivity index (χ2n) is 11.9. The van der Waals surface area contributed by atoms with Crippen molar-refractivity contribution < 1.29 is 19.1 Å². The summed E-state index contributed by atoms with van der Waals surface area (Å²) in [5.74, 6) is -0.525. The fraction of sp³-hybridized carbons (Fsp3) is 0.179. The van der Waals surface area contributed by atoms with Gasteiger partial charge in [0, 0.05) is 0 Å². The molecule has 5 aromatic carbocycles. The van der Waals surface area contributed by atoms with Gasteiger partial charge in [0.25, 0.3) is 0 Å². The summed E-state index contributed by atoms with van der Waals surface area (Å²) < 4.78 is 10.7. The average Bonchev–Trinajstić information content (AvgIpc) is 3.05. The van der Waals surface area contributed by atoms with Crippen LogP contribution in [0.2, 0.25) is 0 Å². The second-order valence-corrected chi connectivity index (χ2v) is 15.3. The summed E-state index contributed by atoms with van der Waals surface area (Å²) in [5, 5.41) is 7.73. The Bertz CT molecular complexity index is 1600. The van der Waals surface area contributed by atoms with E-state index in [9.17, 15) is 9.59 Å². The predicted octanol–water partition coefficient (Wildman–Crippen LogP) is 6.93. The SMILES string of the molecule is CC(NC(=O)OC(C)(C)C)C(=O)OCc1ccc(-c2ccc([P+](c3ccccc3)(c3ccccc3)c3ccccc3)cc2)cc1. The number of carbonyl (C=O) groups excluding carboxylic acids is 2. The fourth-order valence-electron chi connectivity index (χ4n) is 5.34. The smallest absolute Gasteiger partial charge is 0.408 e. The zero-order valence-corrected chi connectivity index (χ0v) is 27.0. The molecule has 0 spiro atoms. The number of benzene rings is 5. The summed E-state index contributed by atoms with van der Waals surface area (Å²) in [6, 6.07) is 48.6. The molecular weight excluding hydrogens is 577 g/mol. The average molecular weight is 617 g/mol. The van der Waals surface area contributed by atoms with Gasteiger partial charge in [-0.2, -0.15) is 0 Å². The molecule has 1 N–H and O–H groups in total. The minimum Gasteiger partial charge on any atom is -0.459 e. The zero-order valence-electron chi connectivity index (χ0n) is 26.1. The lowest BCUT2D eigenvalue weighted by atomic mass is 10.0. The first kappa shape index (κ1) is 31.7. The Balaban J connectivity index is 1.36. The number of esters is 1. The van der Waals surface area contributed by atoms with Crippen molar-refractivity contribution in [2.45, 2.75) is 45.9 Å². The van der Waals surface area contributed by atoms with Crippen LogP contribution in [0.5, 0.6) is 0 Å². The molecular formula is C39H39NO4P+. The highest BCUT2D eigenvalue weighted by atomic mass is 31.2. The van der Waals surface area contributed by atoms with Crippen LogP contribution in [0.1, 0.15) is 33.3 Å². The Labute approximate surface area is 266 Å². The maximum Gasteiger partial charge on any atom is 0.408 e. The molecule has 1 atom stereocenters. The van der Waals surface area contributed by atoms with Gasteiger partial charge >= 0.3 is 12.1 Å². The van der Waals surface area contributed by atoms with Crippen molar-refractivity contribution in [1.29, 1.82) is 0 Å². The van der Waals surface area contributed by atoms with Crippen LogP contribution in [0.3, 0.4) is 0 Å². The Morgan fingerprint density at radius 2 is 1.02 bits per heavy atom. The van der Waals surface area contributed by atoms with Crippen molar-refractivity contribution >= 4 is 40.5 Å². The van der Waals surface area contributed by atoms with Crippen LogP contribution < -0.4 is 26.5 Å². The molecule has 0 aliphatic rings. The van der Waals surface area contributed by atoms with E-state index in [-0.39, 0.29) is 6.61 Å². The number of alkyl carbamates (subject to hydrolysis) is 1. The molecule has 5 rings (SSSR count). The lowest BCUT2D eigenvalue weighted by Crippen LogP contribution is -2.42. The molecule has 5 aromatic rings. The fourth-order valence-corrected chi connectivity index (χ4v) is 9.59. The van der Waals surface area contributed by atoms with E-state index in [4.69, 9.17) is 9.47 Å². The first-order valence-electron chi connectivity index (χ1n) is 15.1. The normalized spacial score (nSPS) is 12.2. The van der Waals surface area contributed by atoms with Crippen molar-refractivity contribution in [1.82, 2.24) is 5.32 Å². The van der Waals surface area contributed by atoms with Gasteiger partial charge in [0.15, 0.2) is 0 Å². The molecule has 0 aliphatic heterocycles. The molecule has 45 heavy (non-hydrogen) atoms. The van der Waals surface area contributed by atoms with Gasteiger partial charge < -0.3 is 14.8 Å². The number of ether oxygens (including phenoxy) is 2. The summed E-state index contributed by atoms with van der Waals surface area (Å²) in [5.41, 5.74) is 2.38. The van der Waals surface area contributed by atoms with Gasteiger partial charge in [0.05, 0.1) is 0 Å². The van der Waals surface area contributed by atoms with Crippen LogP contribution in [-0.2, 0) is 20.9 Å². The highest BCUT2D eigenvalue weighted by Gasteiger charge is 2.47. The monoisotopic (exact) mass is 616 g/mol. The maximum atomic E-state index is 12.4. The Kier molecular flexibility index (Phi) is 9.80. The van der Waals surface area contributed by atoms with E-state index in [0.29, 0.717) is 0 Å². The van der Waals surface area contributed by atoms with Gasteiger partial charge in [-0.1, -0.05) is 91.0 Å². The summed E-state index contributed by atoms with van der Waals surface area (Å²) in [6.45, 7) is 6.98. The van der Waals surface area contributed by atoms with Gasteiger partial charge in [-0.25, -0.2) is 9.59 Å². The molecule has 1 unspecified atom stereocenters. The van der Waals surface area contributed by atoms with Gasteiger partial charge in [0.1, 0.15) is 46.7 Å². The topological polar surface area (TPSA) is 64.6 Å². The Hall–Kier alpha value is -4.73. The molecule has 0 bridgehead atoms. The summed E-state index contributed by atoms with van der Waals surface area (Å²) >= 11 is 0. The van der Waals surface area contributed by atoms with Crippen molar-refractivity contribution in [3.63, 3.8) is 0 Å². The number of carbonyl (C=O) groups is 2. The van der Waals surface area contributed by atoms with Gasteiger partial charge in [0.2, 0.25) is 0 Å². The summed E-state index contributed by atoms with van der Waals surface area (Å²) in [6.07, 6.45) is -0.655. The van der Waals surface area contributed by atoms with Crippen LogP contribution in [0.4, 0.5) is 4.79 Å². The minimum absolute atomic E-state index is 0.108. The minimum atomic E-state index is -2.15. The van der Waals surface area contributed by atoms with Crippen molar-refractivity contribution in [3.05, 3.63) is 145 Å². The Morgan fingerprint density at radius 3 is 1.44 bits per heavy atom. The third kappa shape index (κ3) is 7.50. The number of nitrogens with one attached hydrogen (secondary N) is 1. The van der Waals surface area contributed by atoms with E-state index in [1.807, 2.05) is 24.3 Å². The summed E-state index contributed by atoms with van der Waals surface area (Å²) in [7, 11) is -2.15. The lowest BCUT2D eigenvalue weighted by molar-refractivity contribution is -0.147. The highest BCUT2D eigenvalue weighted by Crippen LogP contribution is 2.54. The number of rotatable bonds is 9. The summed E-state index contributed by atoms with van der Waals surface area (Å²) in [4.78, 5) is 24.4. The molecule has 228 valence electrons. The molecule has 6 heteroatoms. The number of hydrogen-bond acceptors (Lipinski definition) is 4. The highest BCUT2D eigenvalue weighted by molar-refractivity contribution is 8.01. The third-order valence-corrected chi connectivity index (χ3v) is 11.7. The molecule has 0 saturated heterocycles. The van der Waals surface area contributed by atoms with Gasteiger partial charge in [-0.3, -0.25) is 0 Å². The van der Waals surface area contributed by atoms with Crippen molar-refractivity contribution in [3.8, 4) is 11.1 Å². The van der Waals surface area contributed by atoms with Crippen molar-refractivity contribution in [2.75, 3.05) is 0 Å².